The molecule has 6 heteroatoms. The molecule has 0 aliphatic carbocycles. The predicted octanol–water partition coefficient (Wildman–Crippen LogP) is 3.95. The van der Waals surface area contributed by atoms with E-state index >= 15 is 0 Å². The molecule has 0 amide bonds. The van der Waals surface area contributed by atoms with Gasteiger partial charge in [-0.1, -0.05) is 29.8 Å². The minimum Gasteiger partial charge on any atom is -0.481 e. The molecule has 0 bridgehead atoms. The monoisotopic (exact) mass is 373 g/mol. The van der Waals surface area contributed by atoms with E-state index in [4.69, 9.17) is 21.1 Å². The van der Waals surface area contributed by atoms with Crippen LogP contribution in [0.2, 0.25) is 5.02 Å². The van der Waals surface area contributed by atoms with E-state index in [1.165, 1.54) is 0 Å². The molecule has 2 aromatic carbocycles. The van der Waals surface area contributed by atoms with Crippen molar-refractivity contribution in [1.29, 1.82) is 0 Å². The van der Waals surface area contributed by atoms with Gasteiger partial charge in [-0.3, -0.25) is 9.69 Å². The highest BCUT2D eigenvalue weighted by atomic mass is 35.5. The van der Waals surface area contributed by atoms with E-state index in [0.717, 1.165) is 42.0 Å². The van der Waals surface area contributed by atoms with E-state index in [2.05, 4.69) is 4.90 Å². The number of halogens is 1. The SMILES string of the molecule is O=C(O)C1CCCN(C(c2cccc(Cl)c2)c2ccc3c(c2)OCO3)C1. The Labute approximate surface area is 157 Å². The van der Waals surface area contributed by atoms with Gasteiger partial charge in [0.25, 0.3) is 0 Å². The molecule has 0 saturated carbocycles. The molecule has 0 radical (unpaired) electrons. The van der Waals surface area contributed by atoms with Gasteiger partial charge < -0.3 is 14.6 Å². The number of likely N-dealkylation sites (tertiary alicyclic amines) is 1. The second kappa shape index (κ2) is 7.17. The molecule has 1 fully saturated rings. The van der Waals surface area contributed by atoms with E-state index in [0.29, 0.717) is 11.6 Å². The number of hydrogen-bond donors (Lipinski definition) is 1. The predicted molar refractivity (Wildman–Crippen MR) is 97.8 cm³/mol. The highest BCUT2D eigenvalue weighted by Crippen LogP contribution is 2.39. The minimum atomic E-state index is -0.731. The third-order valence-corrected chi connectivity index (χ3v) is 5.28. The normalized spacial score (nSPS) is 20.7. The molecule has 2 aromatic rings. The van der Waals surface area contributed by atoms with Gasteiger partial charge in [-0.2, -0.15) is 0 Å². The minimum absolute atomic E-state index is 0.0784. The van der Waals surface area contributed by atoms with Crippen LogP contribution >= 0.6 is 11.6 Å². The van der Waals surface area contributed by atoms with Gasteiger partial charge in [-0.05, 0) is 54.8 Å². The number of carbonyl (C=O) groups is 1. The van der Waals surface area contributed by atoms with Crippen molar-refractivity contribution in [3.8, 4) is 11.5 Å². The molecule has 0 spiro atoms. The molecule has 0 aromatic heterocycles. The number of ether oxygens (including phenoxy) is 2. The van der Waals surface area contributed by atoms with Crippen LogP contribution in [0.1, 0.15) is 30.0 Å². The first-order valence-electron chi connectivity index (χ1n) is 8.73. The van der Waals surface area contributed by atoms with Crippen LogP contribution in [-0.2, 0) is 4.79 Å². The van der Waals surface area contributed by atoms with Crippen LogP contribution in [0.15, 0.2) is 42.5 Å². The van der Waals surface area contributed by atoms with E-state index in [9.17, 15) is 9.90 Å². The summed E-state index contributed by atoms with van der Waals surface area (Å²) in [5.41, 5.74) is 2.09. The standard InChI is InChI=1S/C20H20ClNO4/c21-16-5-1-3-13(9-16)19(22-8-2-4-15(11-22)20(23)24)14-6-7-17-18(10-14)26-12-25-17/h1,3,5-7,9-10,15,19H,2,4,8,11-12H2,(H,23,24). The van der Waals surface area contributed by atoms with Gasteiger partial charge in [0.15, 0.2) is 11.5 Å². The van der Waals surface area contributed by atoms with Gasteiger partial charge in [0, 0.05) is 11.6 Å². The van der Waals surface area contributed by atoms with Crippen molar-refractivity contribution in [3.05, 3.63) is 58.6 Å². The van der Waals surface area contributed by atoms with E-state index in [1.807, 2.05) is 42.5 Å². The fraction of sp³-hybridized carbons (Fsp3) is 0.350. The third kappa shape index (κ3) is 3.37. The lowest BCUT2D eigenvalue weighted by Gasteiger charge is -2.37. The topological polar surface area (TPSA) is 59.0 Å². The number of nitrogens with zero attached hydrogens (tertiary/aromatic N) is 1. The summed E-state index contributed by atoms with van der Waals surface area (Å²) in [5, 5.41) is 10.1. The summed E-state index contributed by atoms with van der Waals surface area (Å²) in [4.78, 5) is 13.7. The zero-order valence-electron chi connectivity index (χ0n) is 14.2. The van der Waals surface area contributed by atoms with Crippen LogP contribution in [0, 0.1) is 5.92 Å². The zero-order valence-corrected chi connectivity index (χ0v) is 15.0. The highest BCUT2D eigenvalue weighted by Gasteiger charge is 2.32. The molecule has 5 nitrogen and oxygen atoms in total. The average molecular weight is 374 g/mol. The van der Waals surface area contributed by atoms with Crippen LogP contribution in [0.3, 0.4) is 0 Å². The van der Waals surface area contributed by atoms with Crippen LogP contribution in [0.4, 0.5) is 0 Å². The maximum absolute atomic E-state index is 11.5. The number of hydrogen-bond acceptors (Lipinski definition) is 4. The largest absolute Gasteiger partial charge is 0.481 e. The Morgan fingerprint density at radius 1 is 1.15 bits per heavy atom. The van der Waals surface area contributed by atoms with E-state index in [-0.39, 0.29) is 18.8 Å². The smallest absolute Gasteiger partial charge is 0.307 e. The molecule has 26 heavy (non-hydrogen) atoms. The summed E-state index contributed by atoms with van der Waals surface area (Å²) in [6, 6.07) is 13.6. The van der Waals surface area contributed by atoms with Crippen LogP contribution in [0.25, 0.3) is 0 Å². The number of rotatable bonds is 4. The average Bonchev–Trinajstić information content (AvgIpc) is 3.10. The quantitative estimate of drug-likeness (QED) is 0.879. The molecule has 1 saturated heterocycles. The van der Waals surface area contributed by atoms with Gasteiger partial charge in [-0.25, -0.2) is 0 Å². The Balaban J connectivity index is 1.73. The second-order valence-corrected chi connectivity index (χ2v) is 7.18. The summed E-state index contributed by atoms with van der Waals surface area (Å²) in [7, 11) is 0. The van der Waals surface area contributed by atoms with Crippen LogP contribution in [-0.4, -0.2) is 35.9 Å². The van der Waals surface area contributed by atoms with Crippen LogP contribution in [0.5, 0.6) is 11.5 Å². The summed E-state index contributed by atoms with van der Waals surface area (Å²) in [6.45, 7) is 1.59. The van der Waals surface area contributed by atoms with Gasteiger partial charge in [0.2, 0.25) is 6.79 Å². The fourth-order valence-electron chi connectivity index (χ4n) is 3.82. The first-order chi connectivity index (χ1) is 12.6. The molecule has 136 valence electrons. The van der Waals surface area contributed by atoms with Crippen molar-refractivity contribution in [2.75, 3.05) is 19.9 Å². The van der Waals surface area contributed by atoms with Crippen molar-refractivity contribution in [3.63, 3.8) is 0 Å². The second-order valence-electron chi connectivity index (χ2n) is 6.74. The summed E-state index contributed by atoms with van der Waals surface area (Å²) in [6.07, 6.45) is 1.58. The van der Waals surface area contributed by atoms with Gasteiger partial charge in [0.1, 0.15) is 0 Å². The summed E-state index contributed by atoms with van der Waals surface area (Å²) in [5.74, 6) is 0.381. The zero-order chi connectivity index (χ0) is 18.1. The van der Waals surface area contributed by atoms with E-state index < -0.39 is 5.97 Å². The molecule has 2 aliphatic rings. The maximum Gasteiger partial charge on any atom is 0.307 e. The molecular weight excluding hydrogens is 354 g/mol. The molecule has 2 unspecified atom stereocenters. The van der Waals surface area contributed by atoms with Gasteiger partial charge >= 0.3 is 5.97 Å². The van der Waals surface area contributed by atoms with Crippen molar-refractivity contribution in [2.24, 2.45) is 5.92 Å². The van der Waals surface area contributed by atoms with E-state index in [1.54, 1.807) is 0 Å². The number of fused-ring (bicyclic) bond motifs is 1. The molecule has 2 heterocycles. The van der Waals surface area contributed by atoms with Gasteiger partial charge in [-0.15, -0.1) is 0 Å². The third-order valence-electron chi connectivity index (χ3n) is 5.04. The lowest BCUT2D eigenvalue weighted by atomic mass is 9.91. The van der Waals surface area contributed by atoms with Crippen molar-refractivity contribution >= 4 is 17.6 Å². The summed E-state index contributed by atoms with van der Waals surface area (Å²) < 4.78 is 11.0. The molecular formula is C20H20ClNO4. The number of carboxylic acids is 1. The molecule has 1 N–H and O–H groups in total. The van der Waals surface area contributed by atoms with Crippen molar-refractivity contribution < 1.29 is 19.4 Å². The first-order valence-corrected chi connectivity index (χ1v) is 9.11. The number of piperidine rings is 1. The molecule has 2 aliphatic heterocycles. The lowest BCUT2D eigenvalue weighted by Crippen LogP contribution is -2.41. The van der Waals surface area contributed by atoms with Crippen molar-refractivity contribution in [2.45, 2.75) is 18.9 Å². The molecule has 2 atom stereocenters. The number of carboxylic acid groups (broad SMARTS) is 1. The van der Waals surface area contributed by atoms with Crippen molar-refractivity contribution in [1.82, 2.24) is 4.90 Å². The maximum atomic E-state index is 11.5. The van der Waals surface area contributed by atoms with Gasteiger partial charge in [0.05, 0.1) is 12.0 Å². The lowest BCUT2D eigenvalue weighted by molar-refractivity contribution is -0.143. The Morgan fingerprint density at radius 2 is 1.96 bits per heavy atom. The summed E-state index contributed by atoms with van der Waals surface area (Å²) >= 11 is 6.23. The number of benzene rings is 2. The number of aliphatic carboxylic acids is 1. The Bertz CT molecular complexity index is 825. The Morgan fingerprint density at radius 3 is 2.77 bits per heavy atom. The van der Waals surface area contributed by atoms with Crippen LogP contribution < -0.4 is 9.47 Å². The highest BCUT2D eigenvalue weighted by molar-refractivity contribution is 6.30. The molecule has 4 rings (SSSR count). The fourth-order valence-corrected chi connectivity index (χ4v) is 4.02. The Hall–Kier alpha value is -2.24. The first kappa shape index (κ1) is 17.2. The Kier molecular flexibility index (Phi) is 4.74.